The van der Waals surface area contributed by atoms with Crippen molar-refractivity contribution >= 4 is 41.1 Å². The van der Waals surface area contributed by atoms with Crippen molar-refractivity contribution in [1.29, 1.82) is 0 Å². The molecule has 0 saturated carbocycles. The van der Waals surface area contributed by atoms with Crippen molar-refractivity contribution in [2.24, 2.45) is 0 Å². The molecule has 1 unspecified atom stereocenters. The fourth-order valence-electron chi connectivity index (χ4n) is 3.22. The molecule has 0 aliphatic heterocycles. The maximum absolute atomic E-state index is 13.0. The number of ether oxygens (including phenoxy) is 1. The predicted octanol–water partition coefficient (Wildman–Crippen LogP) is 5.58. The number of thioether (sulfide) groups is 2. The number of amides is 1. The van der Waals surface area contributed by atoms with Gasteiger partial charge in [0, 0.05) is 17.1 Å². The van der Waals surface area contributed by atoms with E-state index in [1.165, 1.54) is 22.2 Å². The van der Waals surface area contributed by atoms with Gasteiger partial charge in [-0.1, -0.05) is 42.4 Å². The van der Waals surface area contributed by atoms with E-state index in [-0.39, 0.29) is 11.2 Å². The zero-order valence-corrected chi connectivity index (χ0v) is 21.5. The fraction of sp³-hybridized carbons (Fsp3) is 0.360. The van der Waals surface area contributed by atoms with Gasteiger partial charge in [-0.3, -0.25) is 4.79 Å². The minimum absolute atomic E-state index is 0.144. The van der Waals surface area contributed by atoms with E-state index < -0.39 is 5.97 Å². The Hall–Kier alpha value is -2.78. The minimum atomic E-state index is -0.410. The van der Waals surface area contributed by atoms with Crippen molar-refractivity contribution in [3.8, 4) is 0 Å². The van der Waals surface area contributed by atoms with Crippen molar-refractivity contribution in [3.63, 3.8) is 0 Å². The molecule has 34 heavy (non-hydrogen) atoms. The lowest BCUT2D eigenvalue weighted by Crippen LogP contribution is -2.25. The van der Waals surface area contributed by atoms with Crippen LogP contribution in [0.3, 0.4) is 0 Å². The summed E-state index contributed by atoms with van der Waals surface area (Å²) < 4.78 is 7.10. The average molecular weight is 499 g/mol. The number of hydrogen-bond acceptors (Lipinski definition) is 7. The molecule has 0 fully saturated rings. The molecule has 3 aromatic rings. The van der Waals surface area contributed by atoms with Crippen LogP contribution in [0.4, 0.5) is 5.69 Å². The highest BCUT2D eigenvalue weighted by Crippen LogP contribution is 2.28. The summed E-state index contributed by atoms with van der Waals surface area (Å²) in [7, 11) is 0. The number of aromatic nitrogens is 3. The van der Waals surface area contributed by atoms with Crippen LogP contribution in [0.1, 0.15) is 48.9 Å². The summed E-state index contributed by atoms with van der Waals surface area (Å²) in [6.07, 6.45) is 0.623. The highest BCUT2D eigenvalue weighted by atomic mass is 32.2. The molecule has 3 rings (SSSR count). The van der Waals surface area contributed by atoms with E-state index in [4.69, 9.17) is 4.74 Å². The van der Waals surface area contributed by atoms with E-state index in [1.54, 1.807) is 43.0 Å². The maximum Gasteiger partial charge on any atom is 0.338 e. The van der Waals surface area contributed by atoms with Crippen molar-refractivity contribution in [2.75, 3.05) is 11.9 Å². The Labute approximate surface area is 209 Å². The van der Waals surface area contributed by atoms with Gasteiger partial charge in [-0.2, -0.15) is 0 Å². The smallest absolute Gasteiger partial charge is 0.338 e. The Morgan fingerprint density at radius 1 is 1.09 bits per heavy atom. The van der Waals surface area contributed by atoms with E-state index in [0.29, 0.717) is 30.0 Å². The number of carbonyl (C=O) groups is 2. The number of esters is 1. The molecule has 1 amide bonds. The first-order valence-corrected chi connectivity index (χ1v) is 13.2. The molecule has 0 spiro atoms. The molecule has 7 nitrogen and oxygen atoms in total. The van der Waals surface area contributed by atoms with Gasteiger partial charge in [0.2, 0.25) is 5.91 Å². The molecule has 0 aliphatic carbocycles. The highest BCUT2D eigenvalue weighted by molar-refractivity contribution is 8.00. The first-order valence-electron chi connectivity index (χ1n) is 11.3. The van der Waals surface area contributed by atoms with Gasteiger partial charge in [0.25, 0.3) is 0 Å². The SMILES string of the molecule is CCOC(=O)c1cccc(NC(=O)C(CC)Sc2nnc(CSc3ccc(C)cc3)n2CC)c1. The monoisotopic (exact) mass is 498 g/mol. The van der Waals surface area contributed by atoms with Crippen LogP contribution < -0.4 is 5.32 Å². The lowest BCUT2D eigenvalue weighted by atomic mass is 10.2. The summed E-state index contributed by atoms with van der Waals surface area (Å²) >= 11 is 3.12. The normalized spacial score (nSPS) is 11.8. The summed E-state index contributed by atoms with van der Waals surface area (Å²) in [6.45, 7) is 8.87. The van der Waals surface area contributed by atoms with Crippen LogP contribution in [0, 0.1) is 6.92 Å². The average Bonchev–Trinajstić information content (AvgIpc) is 3.23. The Bertz CT molecular complexity index is 1120. The highest BCUT2D eigenvalue weighted by Gasteiger charge is 2.23. The molecule has 0 bridgehead atoms. The van der Waals surface area contributed by atoms with Crippen LogP contribution in [0.2, 0.25) is 0 Å². The summed E-state index contributed by atoms with van der Waals surface area (Å²) in [4.78, 5) is 26.2. The van der Waals surface area contributed by atoms with E-state index >= 15 is 0 Å². The maximum atomic E-state index is 13.0. The van der Waals surface area contributed by atoms with Crippen molar-refractivity contribution < 1.29 is 14.3 Å². The van der Waals surface area contributed by atoms with Gasteiger partial charge in [-0.05, 0) is 57.5 Å². The van der Waals surface area contributed by atoms with Crippen LogP contribution in [0.5, 0.6) is 0 Å². The molecule has 1 aromatic heterocycles. The Kier molecular flexibility index (Phi) is 9.59. The second-order valence-corrected chi connectivity index (χ2v) is 9.77. The Balaban J connectivity index is 1.66. The Morgan fingerprint density at radius 3 is 2.53 bits per heavy atom. The number of nitrogens with zero attached hydrogens (tertiary/aromatic N) is 3. The first kappa shape index (κ1) is 25.8. The molecule has 180 valence electrons. The fourth-order valence-corrected chi connectivity index (χ4v) is 5.10. The number of carbonyl (C=O) groups excluding carboxylic acids is 2. The third kappa shape index (κ3) is 6.87. The van der Waals surface area contributed by atoms with Gasteiger partial charge in [0.15, 0.2) is 5.16 Å². The second kappa shape index (κ2) is 12.6. The molecule has 1 atom stereocenters. The van der Waals surface area contributed by atoms with Crippen LogP contribution in [0.25, 0.3) is 0 Å². The lowest BCUT2D eigenvalue weighted by Gasteiger charge is -2.15. The molecule has 1 N–H and O–H groups in total. The van der Waals surface area contributed by atoms with Gasteiger partial charge >= 0.3 is 5.97 Å². The molecular weight excluding hydrogens is 468 g/mol. The Morgan fingerprint density at radius 2 is 1.85 bits per heavy atom. The number of rotatable bonds is 11. The van der Waals surface area contributed by atoms with Crippen LogP contribution in [-0.4, -0.2) is 38.5 Å². The molecule has 9 heteroatoms. The second-order valence-electron chi connectivity index (χ2n) is 7.55. The number of aryl methyl sites for hydroxylation is 1. The lowest BCUT2D eigenvalue weighted by molar-refractivity contribution is -0.115. The molecule has 0 saturated heterocycles. The van der Waals surface area contributed by atoms with Gasteiger partial charge < -0.3 is 14.6 Å². The van der Waals surface area contributed by atoms with Crippen molar-refractivity contribution in [2.45, 2.75) is 61.7 Å². The number of anilines is 1. The van der Waals surface area contributed by atoms with Crippen molar-refractivity contribution in [1.82, 2.24) is 14.8 Å². The third-order valence-corrected chi connectivity index (χ3v) is 7.40. The van der Waals surface area contributed by atoms with Gasteiger partial charge in [-0.25, -0.2) is 4.79 Å². The first-order chi connectivity index (χ1) is 16.4. The molecule has 0 aliphatic rings. The number of benzene rings is 2. The molecule has 1 heterocycles. The molecule has 0 radical (unpaired) electrons. The predicted molar refractivity (Wildman–Crippen MR) is 137 cm³/mol. The van der Waals surface area contributed by atoms with E-state index in [0.717, 1.165) is 17.5 Å². The van der Waals surface area contributed by atoms with Crippen molar-refractivity contribution in [3.05, 3.63) is 65.5 Å². The van der Waals surface area contributed by atoms with Crippen LogP contribution in [-0.2, 0) is 21.8 Å². The molecule has 2 aromatic carbocycles. The zero-order valence-electron chi connectivity index (χ0n) is 19.9. The van der Waals surface area contributed by atoms with Crippen LogP contribution >= 0.6 is 23.5 Å². The van der Waals surface area contributed by atoms with Gasteiger partial charge in [0.1, 0.15) is 5.82 Å². The summed E-state index contributed by atoms with van der Waals surface area (Å²) in [6, 6.07) is 15.2. The standard InChI is InChI=1S/C25H30N4O3S2/c1-5-21(23(30)26-19-10-8-9-18(15-19)24(31)32-7-3)34-25-28-27-22(29(25)6-2)16-33-20-13-11-17(4)12-14-20/h8-15,21H,5-7,16H2,1-4H3,(H,26,30). The summed E-state index contributed by atoms with van der Waals surface area (Å²) in [5.41, 5.74) is 2.19. The summed E-state index contributed by atoms with van der Waals surface area (Å²) in [5.74, 6) is 1.03. The largest absolute Gasteiger partial charge is 0.462 e. The molecular formula is C25H30N4O3S2. The zero-order chi connectivity index (χ0) is 24.5. The quantitative estimate of drug-likeness (QED) is 0.273. The topological polar surface area (TPSA) is 86.1 Å². The summed E-state index contributed by atoms with van der Waals surface area (Å²) in [5, 5.41) is 12.1. The van der Waals surface area contributed by atoms with Gasteiger partial charge in [-0.15, -0.1) is 22.0 Å². The third-order valence-electron chi connectivity index (χ3n) is 5.05. The number of nitrogens with one attached hydrogen (secondary N) is 1. The van der Waals surface area contributed by atoms with Gasteiger partial charge in [0.05, 0.1) is 23.2 Å². The van der Waals surface area contributed by atoms with E-state index in [2.05, 4.69) is 58.2 Å². The van der Waals surface area contributed by atoms with E-state index in [9.17, 15) is 9.59 Å². The minimum Gasteiger partial charge on any atom is -0.462 e. The van der Waals surface area contributed by atoms with Crippen LogP contribution in [0.15, 0.2) is 58.6 Å². The van der Waals surface area contributed by atoms with E-state index in [1.807, 2.05) is 6.92 Å². The number of hydrogen-bond donors (Lipinski definition) is 1.